The van der Waals surface area contributed by atoms with E-state index in [4.69, 9.17) is 11.6 Å². The molecule has 3 rings (SSSR count). The van der Waals surface area contributed by atoms with E-state index in [1.165, 1.54) is 25.7 Å². The Morgan fingerprint density at radius 2 is 1.75 bits per heavy atom. The van der Waals surface area contributed by atoms with Gasteiger partial charge in [-0.3, -0.25) is 4.79 Å². The second kappa shape index (κ2) is 8.20. The van der Waals surface area contributed by atoms with Crippen LogP contribution in [0.5, 0.6) is 0 Å². The summed E-state index contributed by atoms with van der Waals surface area (Å²) in [5.41, 5.74) is 2.94. The van der Waals surface area contributed by atoms with Crippen molar-refractivity contribution in [3.05, 3.63) is 59.1 Å². The van der Waals surface area contributed by atoms with Crippen LogP contribution in [0.4, 0.5) is 11.4 Å². The number of carbonyl (C=O) groups is 1. The van der Waals surface area contributed by atoms with Crippen LogP contribution in [-0.4, -0.2) is 19.0 Å². The lowest BCUT2D eigenvalue weighted by molar-refractivity contribution is -0.115. The lowest BCUT2D eigenvalue weighted by Crippen LogP contribution is -2.26. The molecule has 2 aromatic carbocycles. The average molecular weight is 343 g/mol. The topological polar surface area (TPSA) is 32.3 Å². The van der Waals surface area contributed by atoms with E-state index < -0.39 is 0 Å². The molecule has 2 aromatic rings. The maximum absolute atomic E-state index is 12.4. The number of amides is 1. The number of benzene rings is 2. The zero-order valence-corrected chi connectivity index (χ0v) is 14.6. The number of para-hydroxylation sites is 2. The Morgan fingerprint density at radius 1 is 1.00 bits per heavy atom. The quantitative estimate of drug-likeness (QED) is 0.856. The molecule has 0 radical (unpaired) electrons. The van der Waals surface area contributed by atoms with Gasteiger partial charge in [-0.1, -0.05) is 48.7 Å². The minimum Gasteiger partial charge on any atom is -0.370 e. The van der Waals surface area contributed by atoms with Crippen molar-refractivity contribution in [3.8, 4) is 0 Å². The Labute approximate surface area is 148 Å². The molecule has 1 amide bonds. The van der Waals surface area contributed by atoms with E-state index in [1.54, 1.807) is 0 Å². The Bertz CT molecular complexity index is 694. The summed E-state index contributed by atoms with van der Waals surface area (Å²) < 4.78 is 0. The Kier molecular flexibility index (Phi) is 5.76. The summed E-state index contributed by atoms with van der Waals surface area (Å²) in [5.74, 6) is -0.0143. The van der Waals surface area contributed by atoms with Gasteiger partial charge in [0.05, 0.1) is 17.8 Å². The van der Waals surface area contributed by atoms with Gasteiger partial charge >= 0.3 is 0 Å². The third-order valence-electron chi connectivity index (χ3n) is 4.38. The number of anilines is 2. The molecule has 1 heterocycles. The first kappa shape index (κ1) is 16.8. The molecular weight excluding hydrogens is 320 g/mol. The number of halogens is 1. The van der Waals surface area contributed by atoms with Crippen LogP contribution in [0.1, 0.15) is 31.2 Å². The van der Waals surface area contributed by atoms with Gasteiger partial charge in [0.15, 0.2) is 0 Å². The average Bonchev–Trinajstić information content (AvgIpc) is 2.84. The van der Waals surface area contributed by atoms with Crippen LogP contribution < -0.4 is 10.2 Å². The summed E-state index contributed by atoms with van der Waals surface area (Å²) in [6, 6.07) is 15.5. The van der Waals surface area contributed by atoms with Gasteiger partial charge in [0.1, 0.15) is 0 Å². The van der Waals surface area contributed by atoms with Gasteiger partial charge < -0.3 is 10.2 Å². The summed E-state index contributed by atoms with van der Waals surface area (Å²) in [6.45, 7) is 2.11. The van der Waals surface area contributed by atoms with Gasteiger partial charge in [0, 0.05) is 18.1 Å². The molecule has 0 aromatic heterocycles. The van der Waals surface area contributed by atoms with Crippen LogP contribution in [-0.2, 0) is 11.2 Å². The molecular formula is C20H23ClN2O. The molecule has 0 aliphatic carbocycles. The highest BCUT2D eigenvalue weighted by Crippen LogP contribution is 2.28. The van der Waals surface area contributed by atoms with Crippen LogP contribution in [0.2, 0.25) is 5.02 Å². The minimum atomic E-state index is -0.0143. The molecule has 0 bridgehead atoms. The van der Waals surface area contributed by atoms with Gasteiger partial charge in [-0.2, -0.15) is 0 Å². The van der Waals surface area contributed by atoms with Crippen molar-refractivity contribution in [2.45, 2.75) is 32.1 Å². The largest absolute Gasteiger partial charge is 0.370 e. The van der Waals surface area contributed by atoms with Crippen molar-refractivity contribution in [1.29, 1.82) is 0 Å². The lowest BCUT2D eigenvalue weighted by Gasteiger charge is -2.25. The maximum Gasteiger partial charge on any atom is 0.228 e. The smallest absolute Gasteiger partial charge is 0.228 e. The van der Waals surface area contributed by atoms with Gasteiger partial charge in [-0.15, -0.1) is 0 Å². The second-order valence-corrected chi connectivity index (χ2v) is 6.71. The van der Waals surface area contributed by atoms with Gasteiger partial charge in [0.2, 0.25) is 5.91 Å². The SMILES string of the molecule is O=C(Cc1cccc(Cl)c1)Nc1ccccc1N1CCCCCC1. The molecule has 1 fully saturated rings. The molecule has 0 saturated carbocycles. The molecule has 3 nitrogen and oxygen atoms in total. The van der Waals surface area contributed by atoms with E-state index in [2.05, 4.69) is 16.3 Å². The summed E-state index contributed by atoms with van der Waals surface area (Å²) in [6.07, 6.45) is 5.34. The zero-order valence-electron chi connectivity index (χ0n) is 13.8. The molecule has 1 saturated heterocycles. The molecule has 0 atom stereocenters. The number of hydrogen-bond acceptors (Lipinski definition) is 2. The van der Waals surface area contributed by atoms with Crippen LogP contribution >= 0.6 is 11.6 Å². The molecule has 0 spiro atoms. The summed E-state index contributed by atoms with van der Waals surface area (Å²) in [7, 11) is 0. The Hall–Kier alpha value is -2.00. The summed E-state index contributed by atoms with van der Waals surface area (Å²) in [4.78, 5) is 14.8. The minimum absolute atomic E-state index is 0.0143. The Balaban J connectivity index is 1.71. The first-order valence-corrected chi connectivity index (χ1v) is 8.98. The first-order valence-electron chi connectivity index (χ1n) is 8.60. The molecule has 0 unspecified atom stereocenters. The van der Waals surface area contributed by atoms with Crippen LogP contribution in [0, 0.1) is 0 Å². The van der Waals surface area contributed by atoms with E-state index in [0.29, 0.717) is 11.4 Å². The van der Waals surface area contributed by atoms with Crippen LogP contribution in [0.15, 0.2) is 48.5 Å². The van der Waals surface area contributed by atoms with E-state index in [-0.39, 0.29) is 5.91 Å². The summed E-state index contributed by atoms with van der Waals surface area (Å²) >= 11 is 5.99. The number of rotatable bonds is 4. The molecule has 24 heavy (non-hydrogen) atoms. The molecule has 4 heteroatoms. The normalized spacial score (nSPS) is 15.0. The molecule has 126 valence electrons. The predicted octanol–water partition coefficient (Wildman–Crippen LogP) is 4.90. The number of carbonyl (C=O) groups excluding carboxylic acids is 1. The van der Waals surface area contributed by atoms with E-state index in [9.17, 15) is 4.79 Å². The fourth-order valence-corrected chi connectivity index (χ4v) is 3.41. The van der Waals surface area contributed by atoms with Crippen molar-refractivity contribution in [1.82, 2.24) is 0 Å². The molecule has 1 N–H and O–H groups in total. The van der Waals surface area contributed by atoms with E-state index in [1.807, 2.05) is 42.5 Å². The van der Waals surface area contributed by atoms with Crippen molar-refractivity contribution in [2.24, 2.45) is 0 Å². The maximum atomic E-state index is 12.4. The number of hydrogen-bond donors (Lipinski definition) is 1. The monoisotopic (exact) mass is 342 g/mol. The molecule has 1 aliphatic heterocycles. The highest BCUT2D eigenvalue weighted by atomic mass is 35.5. The standard InChI is InChI=1S/C20H23ClN2O/c21-17-9-7-8-16(14-17)15-20(24)22-18-10-3-4-11-19(18)23-12-5-1-2-6-13-23/h3-4,7-11,14H,1-2,5-6,12-13,15H2,(H,22,24). The second-order valence-electron chi connectivity index (χ2n) is 6.27. The number of nitrogens with one attached hydrogen (secondary N) is 1. The van der Waals surface area contributed by atoms with Crippen molar-refractivity contribution in [3.63, 3.8) is 0 Å². The van der Waals surface area contributed by atoms with Crippen LogP contribution in [0.3, 0.4) is 0 Å². The zero-order chi connectivity index (χ0) is 16.8. The Morgan fingerprint density at radius 3 is 2.50 bits per heavy atom. The summed E-state index contributed by atoms with van der Waals surface area (Å²) in [5, 5.41) is 3.73. The fraction of sp³-hybridized carbons (Fsp3) is 0.350. The van der Waals surface area contributed by atoms with Gasteiger partial charge in [-0.05, 0) is 42.7 Å². The van der Waals surface area contributed by atoms with Crippen LogP contribution in [0.25, 0.3) is 0 Å². The van der Waals surface area contributed by atoms with E-state index >= 15 is 0 Å². The molecule has 1 aliphatic rings. The van der Waals surface area contributed by atoms with Gasteiger partial charge in [0.25, 0.3) is 0 Å². The van der Waals surface area contributed by atoms with Gasteiger partial charge in [-0.25, -0.2) is 0 Å². The fourth-order valence-electron chi connectivity index (χ4n) is 3.19. The highest BCUT2D eigenvalue weighted by Gasteiger charge is 2.14. The van der Waals surface area contributed by atoms with Crippen molar-refractivity contribution in [2.75, 3.05) is 23.3 Å². The van der Waals surface area contributed by atoms with Crippen molar-refractivity contribution < 1.29 is 4.79 Å². The van der Waals surface area contributed by atoms with Crippen molar-refractivity contribution >= 4 is 28.9 Å². The number of nitrogens with zero attached hydrogens (tertiary/aromatic N) is 1. The predicted molar refractivity (Wildman–Crippen MR) is 101 cm³/mol. The van der Waals surface area contributed by atoms with E-state index in [0.717, 1.165) is 30.0 Å². The first-order chi connectivity index (χ1) is 11.7. The highest BCUT2D eigenvalue weighted by molar-refractivity contribution is 6.30. The third kappa shape index (κ3) is 4.51. The lowest BCUT2D eigenvalue weighted by atomic mass is 10.1. The third-order valence-corrected chi connectivity index (χ3v) is 4.61.